The van der Waals surface area contributed by atoms with Crippen molar-refractivity contribution in [2.75, 3.05) is 11.5 Å². The molecule has 0 aromatic carbocycles. The fourth-order valence-corrected chi connectivity index (χ4v) is 5.35. The molecule has 1 aliphatic heterocycles. The third kappa shape index (κ3) is 1.94. The third-order valence-corrected chi connectivity index (χ3v) is 5.93. The molecule has 5 heteroatoms. The molecule has 0 spiro atoms. The second kappa shape index (κ2) is 2.54. The summed E-state index contributed by atoms with van der Waals surface area (Å²) in [5.41, 5.74) is 0. The maximum Gasteiger partial charge on any atom is 0.152 e. The lowest BCUT2D eigenvalue weighted by Gasteiger charge is -1.97. The molecule has 1 heterocycles. The number of hydrogen-bond donors (Lipinski definition) is 0. The van der Waals surface area contributed by atoms with Crippen LogP contribution in [0.4, 0.5) is 0 Å². The average molecular weight is 281 g/mol. The number of hydrogen-bond acceptors (Lipinski definition) is 2. The predicted octanol–water partition coefficient (Wildman–Crippen LogP) is 0.826. The van der Waals surface area contributed by atoms with Crippen LogP contribution in [0.15, 0.2) is 0 Å². The van der Waals surface area contributed by atoms with E-state index in [0.717, 1.165) is 0 Å². The van der Waals surface area contributed by atoms with Crippen molar-refractivity contribution in [3.8, 4) is 0 Å². The zero-order valence-corrected chi connectivity index (χ0v) is 8.28. The Kier molecular flexibility index (Phi) is 2.28. The summed E-state index contributed by atoms with van der Waals surface area (Å²) < 4.78 is 21.6. The Morgan fingerprint density at radius 3 is 2.11 bits per heavy atom. The monoisotopic (exact) mass is 280 g/mol. The highest BCUT2D eigenvalue weighted by Gasteiger charge is 2.34. The van der Waals surface area contributed by atoms with Crippen molar-refractivity contribution in [3.63, 3.8) is 0 Å². The quantitative estimate of drug-likeness (QED) is 0.486. The van der Waals surface area contributed by atoms with E-state index in [-0.39, 0.29) is 20.8 Å². The van der Waals surface area contributed by atoms with Crippen LogP contribution in [0, 0.1) is 0 Å². The van der Waals surface area contributed by atoms with E-state index in [2.05, 4.69) is 22.6 Å². The van der Waals surface area contributed by atoms with E-state index in [0.29, 0.717) is 0 Å². The van der Waals surface area contributed by atoms with Gasteiger partial charge in [0.2, 0.25) is 0 Å². The number of halogens is 2. The molecule has 0 aromatic rings. The van der Waals surface area contributed by atoms with Crippen LogP contribution in [-0.2, 0) is 9.84 Å². The van der Waals surface area contributed by atoms with Crippen LogP contribution in [0.25, 0.3) is 0 Å². The highest BCUT2D eigenvalue weighted by molar-refractivity contribution is 14.1. The normalized spacial score (nSPS) is 41.1. The van der Waals surface area contributed by atoms with Crippen molar-refractivity contribution in [3.05, 3.63) is 0 Å². The summed E-state index contributed by atoms with van der Waals surface area (Å²) in [5.74, 6) is 0.407. The van der Waals surface area contributed by atoms with Crippen molar-refractivity contribution in [2.45, 2.75) is 9.30 Å². The molecule has 0 aliphatic carbocycles. The molecule has 0 bridgehead atoms. The van der Waals surface area contributed by atoms with Crippen molar-refractivity contribution in [2.24, 2.45) is 0 Å². The molecular weight excluding hydrogens is 274 g/mol. The van der Waals surface area contributed by atoms with Crippen LogP contribution in [0.1, 0.15) is 0 Å². The van der Waals surface area contributed by atoms with Gasteiger partial charge in [0.15, 0.2) is 9.84 Å². The van der Waals surface area contributed by atoms with Crippen LogP contribution >= 0.6 is 34.2 Å². The average Bonchev–Trinajstić information content (AvgIpc) is 1.79. The Labute approximate surface area is 73.0 Å². The van der Waals surface area contributed by atoms with Gasteiger partial charge in [-0.25, -0.2) is 8.42 Å². The molecule has 0 radical (unpaired) electrons. The first-order chi connectivity index (χ1) is 4.01. The van der Waals surface area contributed by atoms with Gasteiger partial charge in [-0.15, -0.1) is 11.6 Å². The summed E-state index contributed by atoms with van der Waals surface area (Å²) in [5, 5.41) is -0.171. The zero-order chi connectivity index (χ0) is 7.07. The first-order valence-electron chi connectivity index (χ1n) is 2.50. The smallest absolute Gasteiger partial charge is 0.152 e. The van der Waals surface area contributed by atoms with E-state index in [1.165, 1.54) is 0 Å². The predicted molar refractivity (Wildman–Crippen MR) is 46.1 cm³/mol. The first-order valence-corrected chi connectivity index (χ1v) is 6.00. The summed E-state index contributed by atoms with van der Waals surface area (Å²) in [6.45, 7) is 0. The summed E-state index contributed by atoms with van der Waals surface area (Å²) in [4.78, 5) is 0. The molecule has 0 unspecified atom stereocenters. The van der Waals surface area contributed by atoms with E-state index >= 15 is 0 Å². The number of alkyl halides is 2. The summed E-state index contributed by atoms with van der Waals surface area (Å²) in [7, 11) is -2.78. The molecule has 1 fully saturated rings. The van der Waals surface area contributed by atoms with Gasteiger partial charge in [0.25, 0.3) is 0 Å². The fourth-order valence-electron chi connectivity index (χ4n) is 0.762. The second-order valence-electron chi connectivity index (χ2n) is 2.11. The van der Waals surface area contributed by atoms with Crippen molar-refractivity contribution in [1.29, 1.82) is 0 Å². The van der Waals surface area contributed by atoms with Crippen LogP contribution in [0.5, 0.6) is 0 Å². The van der Waals surface area contributed by atoms with E-state index in [1.54, 1.807) is 0 Å². The van der Waals surface area contributed by atoms with Crippen LogP contribution < -0.4 is 0 Å². The van der Waals surface area contributed by atoms with Crippen molar-refractivity contribution < 1.29 is 8.42 Å². The van der Waals surface area contributed by atoms with Gasteiger partial charge < -0.3 is 0 Å². The van der Waals surface area contributed by atoms with Gasteiger partial charge in [0.1, 0.15) is 0 Å². The summed E-state index contributed by atoms with van der Waals surface area (Å²) >= 11 is 7.73. The van der Waals surface area contributed by atoms with E-state index < -0.39 is 9.84 Å². The van der Waals surface area contributed by atoms with Crippen LogP contribution in [0.2, 0.25) is 0 Å². The van der Waals surface area contributed by atoms with E-state index in [9.17, 15) is 8.42 Å². The number of rotatable bonds is 0. The largest absolute Gasteiger partial charge is 0.229 e. The second-order valence-corrected chi connectivity index (χ2v) is 6.42. The van der Waals surface area contributed by atoms with Gasteiger partial charge >= 0.3 is 0 Å². The minimum Gasteiger partial charge on any atom is -0.229 e. The van der Waals surface area contributed by atoms with Gasteiger partial charge in [0.05, 0.1) is 16.9 Å². The lowest BCUT2D eigenvalue weighted by molar-refractivity contribution is 0.602. The number of sulfone groups is 1. The Morgan fingerprint density at radius 2 is 2.00 bits per heavy atom. The highest BCUT2D eigenvalue weighted by Crippen LogP contribution is 2.24. The van der Waals surface area contributed by atoms with Crippen LogP contribution in [-0.4, -0.2) is 29.2 Å². The van der Waals surface area contributed by atoms with E-state index in [4.69, 9.17) is 11.6 Å². The molecule has 1 saturated heterocycles. The van der Waals surface area contributed by atoms with Gasteiger partial charge in [-0.1, -0.05) is 22.6 Å². The molecule has 1 aliphatic rings. The molecule has 0 N–H and O–H groups in total. The standard InChI is InChI=1S/C4H6ClIO2S/c5-3-1-9(7,8)2-4(3)6/h3-4H,1-2H2/t3-,4+/m0/s1. The van der Waals surface area contributed by atoms with Gasteiger partial charge in [0, 0.05) is 3.92 Å². The minimum absolute atomic E-state index is 0.106. The summed E-state index contributed by atoms with van der Waals surface area (Å²) in [6, 6.07) is 0. The molecule has 0 amide bonds. The minimum atomic E-state index is -2.78. The maximum atomic E-state index is 10.8. The Morgan fingerprint density at radius 1 is 1.44 bits per heavy atom. The first kappa shape index (κ1) is 8.07. The van der Waals surface area contributed by atoms with Crippen molar-refractivity contribution in [1.82, 2.24) is 0 Å². The Hall–Kier alpha value is 0.970. The van der Waals surface area contributed by atoms with Gasteiger partial charge in [-0.3, -0.25) is 0 Å². The molecule has 1 rings (SSSR count). The maximum absolute atomic E-state index is 10.8. The molecule has 54 valence electrons. The lowest BCUT2D eigenvalue weighted by atomic mass is 10.4. The molecule has 9 heavy (non-hydrogen) atoms. The Balaban J connectivity index is 2.77. The van der Waals surface area contributed by atoms with Gasteiger partial charge in [-0.2, -0.15) is 0 Å². The fraction of sp³-hybridized carbons (Fsp3) is 1.00. The van der Waals surface area contributed by atoms with Crippen LogP contribution in [0.3, 0.4) is 0 Å². The van der Waals surface area contributed by atoms with Crippen molar-refractivity contribution >= 4 is 44.0 Å². The molecular formula is C4H6ClIO2S. The SMILES string of the molecule is O=S1(=O)C[C@@H](I)[C@@H](Cl)C1. The highest BCUT2D eigenvalue weighted by atomic mass is 127. The summed E-state index contributed by atoms with van der Waals surface area (Å²) in [6.07, 6.45) is 0. The van der Waals surface area contributed by atoms with E-state index in [1.807, 2.05) is 0 Å². The molecule has 2 atom stereocenters. The molecule has 2 nitrogen and oxygen atoms in total. The zero-order valence-electron chi connectivity index (χ0n) is 4.55. The molecule has 0 aromatic heterocycles. The third-order valence-electron chi connectivity index (χ3n) is 1.22. The Bertz CT molecular complexity index is 185. The topological polar surface area (TPSA) is 34.1 Å². The van der Waals surface area contributed by atoms with Gasteiger partial charge in [-0.05, 0) is 0 Å². The molecule has 0 saturated carbocycles. The lowest BCUT2D eigenvalue weighted by Crippen LogP contribution is -2.08.